The van der Waals surface area contributed by atoms with Crippen LogP contribution in [-0.4, -0.2) is 17.0 Å². The van der Waals surface area contributed by atoms with Crippen LogP contribution in [0.25, 0.3) is 0 Å². The smallest absolute Gasteiger partial charge is 0.335 e. The van der Waals surface area contributed by atoms with Crippen molar-refractivity contribution in [2.75, 3.05) is 5.32 Å². The molecule has 0 atom stereocenters. The van der Waals surface area contributed by atoms with E-state index >= 15 is 0 Å². The minimum atomic E-state index is -0.949. The van der Waals surface area contributed by atoms with Crippen LogP contribution in [0.3, 0.4) is 0 Å². The van der Waals surface area contributed by atoms with Gasteiger partial charge >= 0.3 is 5.97 Å². The molecule has 0 unspecified atom stereocenters. The second-order valence-corrected chi connectivity index (χ2v) is 4.69. The highest BCUT2D eigenvalue weighted by Gasteiger charge is 2.08. The molecule has 1 aromatic carbocycles. The largest absolute Gasteiger partial charge is 0.478 e. The molecule has 0 spiro atoms. The molecule has 0 aromatic heterocycles. The van der Waals surface area contributed by atoms with Crippen LogP contribution >= 0.6 is 0 Å². The van der Waals surface area contributed by atoms with Crippen LogP contribution < -0.4 is 5.32 Å². The summed E-state index contributed by atoms with van der Waals surface area (Å²) in [7, 11) is 0. The Balaban J connectivity index is 2.51. The molecule has 0 aliphatic rings. The van der Waals surface area contributed by atoms with Crippen LogP contribution in [0.2, 0.25) is 0 Å². The fraction of sp³-hybridized carbons (Fsp3) is 0.467. The van der Waals surface area contributed by atoms with Crippen LogP contribution in [0, 0.1) is 6.92 Å². The van der Waals surface area contributed by atoms with E-state index in [-0.39, 0.29) is 11.5 Å². The van der Waals surface area contributed by atoms with Crippen molar-refractivity contribution in [3.8, 4) is 0 Å². The molecule has 0 heterocycles. The number of carbonyl (C=O) groups is 2. The molecular formula is C15H21NO3. The van der Waals surface area contributed by atoms with Crippen molar-refractivity contribution in [1.29, 1.82) is 0 Å². The molecule has 2 N–H and O–H groups in total. The van der Waals surface area contributed by atoms with Crippen molar-refractivity contribution < 1.29 is 14.7 Å². The molecule has 1 rings (SSSR count). The van der Waals surface area contributed by atoms with Gasteiger partial charge in [-0.25, -0.2) is 4.79 Å². The lowest BCUT2D eigenvalue weighted by molar-refractivity contribution is -0.116. The average Bonchev–Trinajstić information content (AvgIpc) is 2.34. The fourth-order valence-corrected chi connectivity index (χ4v) is 1.92. The predicted molar refractivity (Wildman–Crippen MR) is 75.5 cm³/mol. The quantitative estimate of drug-likeness (QED) is 0.738. The van der Waals surface area contributed by atoms with Gasteiger partial charge in [-0.1, -0.05) is 26.2 Å². The van der Waals surface area contributed by atoms with Crippen molar-refractivity contribution in [3.05, 3.63) is 29.3 Å². The summed E-state index contributed by atoms with van der Waals surface area (Å²) in [5, 5.41) is 11.7. The topological polar surface area (TPSA) is 66.4 Å². The molecule has 19 heavy (non-hydrogen) atoms. The Labute approximate surface area is 113 Å². The van der Waals surface area contributed by atoms with E-state index in [0.29, 0.717) is 17.7 Å². The third-order valence-corrected chi connectivity index (χ3v) is 3.00. The van der Waals surface area contributed by atoms with Crippen molar-refractivity contribution >= 4 is 17.6 Å². The molecular weight excluding hydrogens is 242 g/mol. The van der Waals surface area contributed by atoms with E-state index in [1.54, 1.807) is 19.1 Å². The van der Waals surface area contributed by atoms with Gasteiger partial charge in [-0.2, -0.15) is 0 Å². The number of benzene rings is 1. The average molecular weight is 263 g/mol. The Hall–Kier alpha value is -1.84. The van der Waals surface area contributed by atoms with Crippen LogP contribution in [0.15, 0.2) is 18.2 Å². The molecule has 4 heteroatoms. The third kappa shape index (κ3) is 5.12. The number of hydrogen-bond donors (Lipinski definition) is 2. The second-order valence-electron chi connectivity index (χ2n) is 4.69. The number of rotatable bonds is 7. The number of aryl methyl sites for hydroxylation is 1. The number of anilines is 1. The molecule has 0 saturated heterocycles. The maximum absolute atomic E-state index is 11.7. The predicted octanol–water partition coefficient (Wildman–Crippen LogP) is 3.60. The Morgan fingerprint density at radius 1 is 1.21 bits per heavy atom. The van der Waals surface area contributed by atoms with E-state index in [1.165, 1.54) is 6.07 Å². The number of aromatic carboxylic acids is 1. The van der Waals surface area contributed by atoms with Crippen molar-refractivity contribution in [1.82, 2.24) is 0 Å². The summed E-state index contributed by atoms with van der Waals surface area (Å²) in [5.41, 5.74) is 1.57. The van der Waals surface area contributed by atoms with Gasteiger partial charge in [-0.05, 0) is 37.1 Å². The van der Waals surface area contributed by atoms with Gasteiger partial charge in [-0.15, -0.1) is 0 Å². The summed E-state index contributed by atoms with van der Waals surface area (Å²) < 4.78 is 0. The lowest BCUT2D eigenvalue weighted by Crippen LogP contribution is -2.11. The summed E-state index contributed by atoms with van der Waals surface area (Å²) in [6.45, 7) is 3.85. The van der Waals surface area contributed by atoms with E-state index in [1.807, 2.05) is 0 Å². The number of nitrogens with one attached hydrogen (secondary N) is 1. The van der Waals surface area contributed by atoms with Gasteiger partial charge in [0.15, 0.2) is 0 Å². The molecule has 1 amide bonds. The first-order valence-electron chi connectivity index (χ1n) is 6.68. The summed E-state index contributed by atoms with van der Waals surface area (Å²) in [6.07, 6.45) is 4.78. The van der Waals surface area contributed by atoms with Crippen LogP contribution in [-0.2, 0) is 4.79 Å². The Kier molecular flexibility index (Phi) is 6.06. The number of carboxylic acid groups (broad SMARTS) is 1. The van der Waals surface area contributed by atoms with Gasteiger partial charge < -0.3 is 10.4 Å². The zero-order valence-corrected chi connectivity index (χ0v) is 11.5. The molecule has 0 radical (unpaired) electrons. The molecule has 0 fully saturated rings. The molecule has 0 aliphatic heterocycles. The summed E-state index contributed by atoms with van der Waals surface area (Å²) in [4.78, 5) is 22.5. The van der Waals surface area contributed by atoms with Crippen molar-refractivity contribution in [2.24, 2.45) is 0 Å². The first-order valence-corrected chi connectivity index (χ1v) is 6.68. The van der Waals surface area contributed by atoms with Crippen molar-refractivity contribution in [2.45, 2.75) is 46.0 Å². The van der Waals surface area contributed by atoms with Crippen LogP contribution in [0.5, 0.6) is 0 Å². The monoisotopic (exact) mass is 263 g/mol. The molecule has 104 valence electrons. The molecule has 1 aromatic rings. The summed E-state index contributed by atoms with van der Waals surface area (Å²) >= 11 is 0. The maximum Gasteiger partial charge on any atom is 0.335 e. The maximum atomic E-state index is 11.7. The fourth-order valence-electron chi connectivity index (χ4n) is 1.92. The SMILES string of the molecule is CCCCCCC(=O)Nc1ccc(C(=O)O)c(C)c1. The number of carboxylic acids is 1. The summed E-state index contributed by atoms with van der Waals surface area (Å²) in [6, 6.07) is 4.83. The minimum absolute atomic E-state index is 0.0152. The second kappa shape index (κ2) is 7.56. The normalized spacial score (nSPS) is 10.2. The van der Waals surface area contributed by atoms with E-state index in [0.717, 1.165) is 25.7 Å². The standard InChI is InChI=1S/C15H21NO3/c1-3-4-5-6-7-14(17)16-12-8-9-13(15(18)19)11(2)10-12/h8-10H,3-7H2,1-2H3,(H,16,17)(H,18,19). The van der Waals surface area contributed by atoms with E-state index < -0.39 is 5.97 Å². The highest BCUT2D eigenvalue weighted by Crippen LogP contribution is 2.16. The third-order valence-electron chi connectivity index (χ3n) is 3.00. The zero-order valence-electron chi connectivity index (χ0n) is 11.5. The van der Waals surface area contributed by atoms with Crippen molar-refractivity contribution in [3.63, 3.8) is 0 Å². The van der Waals surface area contributed by atoms with Gasteiger partial charge in [0, 0.05) is 12.1 Å². The van der Waals surface area contributed by atoms with Gasteiger partial charge in [0.25, 0.3) is 0 Å². The Bertz CT molecular complexity index is 455. The molecule has 4 nitrogen and oxygen atoms in total. The summed E-state index contributed by atoms with van der Waals surface area (Å²) in [5.74, 6) is -0.964. The first-order chi connectivity index (χ1) is 9.04. The highest BCUT2D eigenvalue weighted by molar-refractivity contribution is 5.93. The zero-order chi connectivity index (χ0) is 14.3. The van der Waals surface area contributed by atoms with Crippen LogP contribution in [0.4, 0.5) is 5.69 Å². The van der Waals surface area contributed by atoms with E-state index in [9.17, 15) is 9.59 Å². The Morgan fingerprint density at radius 3 is 2.53 bits per heavy atom. The highest BCUT2D eigenvalue weighted by atomic mass is 16.4. The first kappa shape index (κ1) is 15.2. The lowest BCUT2D eigenvalue weighted by Gasteiger charge is -2.07. The van der Waals surface area contributed by atoms with Gasteiger partial charge in [0.1, 0.15) is 0 Å². The lowest BCUT2D eigenvalue weighted by atomic mass is 10.1. The van der Waals surface area contributed by atoms with Gasteiger partial charge in [0.2, 0.25) is 5.91 Å². The van der Waals surface area contributed by atoms with E-state index in [4.69, 9.17) is 5.11 Å². The molecule has 0 bridgehead atoms. The van der Waals surface area contributed by atoms with E-state index in [2.05, 4.69) is 12.2 Å². The molecule has 0 saturated carbocycles. The number of unbranched alkanes of at least 4 members (excludes halogenated alkanes) is 3. The number of amides is 1. The molecule has 0 aliphatic carbocycles. The number of hydrogen-bond acceptors (Lipinski definition) is 2. The minimum Gasteiger partial charge on any atom is -0.478 e. The van der Waals surface area contributed by atoms with Crippen LogP contribution in [0.1, 0.15) is 54.9 Å². The Morgan fingerprint density at radius 2 is 1.95 bits per heavy atom. The number of carbonyl (C=O) groups excluding carboxylic acids is 1. The van der Waals surface area contributed by atoms with Gasteiger partial charge in [0.05, 0.1) is 5.56 Å². The van der Waals surface area contributed by atoms with Gasteiger partial charge in [-0.3, -0.25) is 4.79 Å².